The fraction of sp³-hybridized carbons (Fsp3) is 0.100. The van der Waals surface area contributed by atoms with E-state index in [1.54, 1.807) is 0 Å². The van der Waals surface area contributed by atoms with Gasteiger partial charge in [-0.25, -0.2) is 28.8 Å². The molecule has 0 aliphatic heterocycles. The van der Waals surface area contributed by atoms with Gasteiger partial charge in [0.05, 0.1) is 33.4 Å². The van der Waals surface area contributed by atoms with Crippen LogP contribution in [0.25, 0.3) is 0 Å². The lowest BCUT2D eigenvalue weighted by atomic mass is 10.0. The second-order valence-corrected chi connectivity index (χ2v) is 6.16. The maximum Gasteiger partial charge on any atom is 0.373 e. The average Bonchev–Trinajstić information content (AvgIpc) is 2.84. The largest absolute Gasteiger partial charge is 0.478 e. The Balaban J connectivity index is 2.02. The Labute approximate surface area is 188 Å². The second-order valence-electron chi connectivity index (χ2n) is 6.16. The minimum Gasteiger partial charge on any atom is -0.478 e. The number of benzene rings is 2. The SMILES string of the molecule is O=C(OCCOC(=O)c1ccc(C(=O)O)c(C(=O)OO)c1)c1ccc(C(=O)O)c(C(=O)OO)c1. The summed E-state index contributed by atoms with van der Waals surface area (Å²) in [7, 11) is 0. The zero-order valence-corrected chi connectivity index (χ0v) is 16.7. The summed E-state index contributed by atoms with van der Waals surface area (Å²) < 4.78 is 9.70. The van der Waals surface area contributed by atoms with Gasteiger partial charge in [-0.05, 0) is 36.4 Å². The Morgan fingerprint density at radius 3 is 1.21 bits per heavy atom. The van der Waals surface area contributed by atoms with E-state index in [1.165, 1.54) is 0 Å². The monoisotopic (exact) mass is 478 g/mol. The van der Waals surface area contributed by atoms with Crippen molar-refractivity contribution in [3.8, 4) is 0 Å². The van der Waals surface area contributed by atoms with Crippen LogP contribution in [0.1, 0.15) is 62.1 Å². The van der Waals surface area contributed by atoms with Crippen LogP contribution < -0.4 is 0 Å². The molecule has 2 aromatic rings. The number of carboxylic acids is 2. The molecule has 0 aliphatic rings. The highest BCUT2D eigenvalue weighted by molar-refractivity contribution is 6.05. The maximum absolute atomic E-state index is 12.1. The van der Waals surface area contributed by atoms with E-state index in [-0.39, 0.29) is 11.1 Å². The van der Waals surface area contributed by atoms with Crippen molar-refractivity contribution >= 4 is 35.8 Å². The van der Waals surface area contributed by atoms with Crippen LogP contribution in [0.3, 0.4) is 0 Å². The first-order valence-electron chi connectivity index (χ1n) is 8.91. The first kappa shape index (κ1) is 25.4. The van der Waals surface area contributed by atoms with Gasteiger partial charge in [0.15, 0.2) is 0 Å². The van der Waals surface area contributed by atoms with Gasteiger partial charge in [-0.1, -0.05) is 0 Å². The molecule has 2 aromatic carbocycles. The minimum absolute atomic E-state index is 0.270. The average molecular weight is 478 g/mol. The lowest BCUT2D eigenvalue weighted by Crippen LogP contribution is -2.17. The van der Waals surface area contributed by atoms with Crippen LogP contribution in [-0.4, -0.2) is 69.8 Å². The third-order valence-electron chi connectivity index (χ3n) is 4.13. The van der Waals surface area contributed by atoms with Crippen LogP contribution >= 0.6 is 0 Å². The Morgan fingerprint density at radius 1 is 0.559 bits per heavy atom. The van der Waals surface area contributed by atoms with Gasteiger partial charge in [-0.15, -0.1) is 0 Å². The van der Waals surface area contributed by atoms with Crippen molar-refractivity contribution in [3.05, 3.63) is 69.8 Å². The normalized spacial score (nSPS) is 10.1. The molecule has 14 nitrogen and oxygen atoms in total. The van der Waals surface area contributed by atoms with Crippen molar-refractivity contribution in [2.75, 3.05) is 13.2 Å². The smallest absolute Gasteiger partial charge is 0.373 e. The Kier molecular flexibility index (Phi) is 8.35. The molecule has 0 spiro atoms. The molecule has 0 unspecified atom stereocenters. The molecule has 4 N–H and O–H groups in total. The van der Waals surface area contributed by atoms with Gasteiger partial charge in [-0.3, -0.25) is 9.78 Å². The molecule has 0 saturated carbocycles. The summed E-state index contributed by atoms with van der Waals surface area (Å²) in [6, 6.07) is 5.56. The Bertz CT molecular complexity index is 1070. The molecule has 0 aliphatic carbocycles. The highest BCUT2D eigenvalue weighted by atomic mass is 17.1. The number of aromatic carboxylic acids is 2. The number of carbonyl (C=O) groups is 6. The molecule has 0 bridgehead atoms. The topological polar surface area (TPSA) is 220 Å². The van der Waals surface area contributed by atoms with Gasteiger partial charge in [0.2, 0.25) is 0 Å². The van der Waals surface area contributed by atoms with Crippen LogP contribution in [0.5, 0.6) is 0 Å². The van der Waals surface area contributed by atoms with Crippen LogP contribution in [0.4, 0.5) is 0 Å². The molecule has 0 amide bonds. The Hall–Kier alpha value is -4.82. The van der Waals surface area contributed by atoms with E-state index in [4.69, 9.17) is 30.2 Å². The fourth-order valence-corrected chi connectivity index (χ4v) is 2.59. The molecule has 178 valence electrons. The molecule has 0 heterocycles. The van der Waals surface area contributed by atoms with Gasteiger partial charge < -0.3 is 19.7 Å². The predicted molar refractivity (Wildman–Crippen MR) is 103 cm³/mol. The molecule has 0 saturated heterocycles. The van der Waals surface area contributed by atoms with Gasteiger partial charge in [-0.2, -0.15) is 10.5 Å². The summed E-state index contributed by atoms with van der Waals surface area (Å²) in [5.41, 5.74) is -2.84. The minimum atomic E-state index is -1.51. The summed E-state index contributed by atoms with van der Waals surface area (Å²) in [5, 5.41) is 35.0. The number of rotatable bonds is 9. The molecule has 0 fully saturated rings. The van der Waals surface area contributed by atoms with E-state index >= 15 is 0 Å². The predicted octanol–water partition coefficient (Wildman–Crippen LogP) is 1.36. The van der Waals surface area contributed by atoms with E-state index in [2.05, 4.69) is 9.78 Å². The molecule has 14 heteroatoms. The summed E-state index contributed by atoms with van der Waals surface area (Å²) >= 11 is 0. The van der Waals surface area contributed by atoms with Crippen LogP contribution in [0.2, 0.25) is 0 Å². The van der Waals surface area contributed by atoms with Crippen molar-refractivity contribution in [1.29, 1.82) is 0 Å². The van der Waals surface area contributed by atoms with Gasteiger partial charge in [0, 0.05) is 0 Å². The van der Waals surface area contributed by atoms with E-state index in [9.17, 15) is 28.8 Å². The third-order valence-corrected chi connectivity index (χ3v) is 4.13. The highest BCUT2D eigenvalue weighted by Crippen LogP contribution is 2.16. The van der Waals surface area contributed by atoms with E-state index < -0.39 is 71.3 Å². The summed E-state index contributed by atoms with van der Waals surface area (Å²) in [5.74, 6) is -7.92. The van der Waals surface area contributed by atoms with Crippen molar-refractivity contribution in [2.45, 2.75) is 0 Å². The standard InChI is InChI=1S/C20H14O14/c21-15(22)11-3-1-9(7-13(11)19(27)33-29)17(25)31-5-6-32-18(26)10-2-4-12(16(23)24)14(8-10)20(28)34-30/h1-4,7-8,29-30H,5-6H2,(H,21,22)(H,23,24). The molecule has 0 radical (unpaired) electrons. The fourth-order valence-electron chi connectivity index (χ4n) is 2.59. The number of carbonyl (C=O) groups excluding carboxylic acids is 4. The highest BCUT2D eigenvalue weighted by Gasteiger charge is 2.22. The van der Waals surface area contributed by atoms with Gasteiger partial charge in [0.1, 0.15) is 13.2 Å². The van der Waals surface area contributed by atoms with Crippen LogP contribution in [0.15, 0.2) is 36.4 Å². The van der Waals surface area contributed by atoms with Crippen molar-refractivity contribution < 1.29 is 68.7 Å². The number of esters is 2. The zero-order valence-electron chi connectivity index (χ0n) is 16.7. The molecule has 0 atom stereocenters. The lowest BCUT2D eigenvalue weighted by molar-refractivity contribution is -0.182. The number of carboxylic acid groups (broad SMARTS) is 2. The summed E-state index contributed by atoms with van der Waals surface area (Å²) in [4.78, 5) is 76.4. The van der Waals surface area contributed by atoms with E-state index in [0.29, 0.717) is 0 Å². The lowest BCUT2D eigenvalue weighted by Gasteiger charge is -2.09. The van der Waals surface area contributed by atoms with Crippen LogP contribution in [-0.2, 0) is 19.2 Å². The molecular weight excluding hydrogens is 464 g/mol. The van der Waals surface area contributed by atoms with Crippen LogP contribution in [0, 0.1) is 0 Å². The van der Waals surface area contributed by atoms with Crippen molar-refractivity contribution in [2.24, 2.45) is 0 Å². The molecule has 0 aromatic heterocycles. The molecular formula is C20H14O14. The second kappa shape index (κ2) is 11.2. The van der Waals surface area contributed by atoms with E-state index in [1.807, 2.05) is 0 Å². The zero-order chi connectivity index (χ0) is 25.4. The Morgan fingerprint density at radius 2 is 0.912 bits per heavy atom. The van der Waals surface area contributed by atoms with E-state index in [0.717, 1.165) is 36.4 Å². The summed E-state index contributed by atoms with van der Waals surface area (Å²) in [6.45, 7) is -0.965. The maximum atomic E-state index is 12.1. The van der Waals surface area contributed by atoms with Crippen molar-refractivity contribution in [1.82, 2.24) is 0 Å². The van der Waals surface area contributed by atoms with Gasteiger partial charge >= 0.3 is 35.8 Å². The van der Waals surface area contributed by atoms with Crippen molar-refractivity contribution in [3.63, 3.8) is 0 Å². The van der Waals surface area contributed by atoms with Gasteiger partial charge in [0.25, 0.3) is 0 Å². The first-order chi connectivity index (χ1) is 16.1. The number of ether oxygens (including phenoxy) is 2. The molecule has 2 rings (SSSR count). The third kappa shape index (κ3) is 5.90. The number of hydrogen-bond acceptors (Lipinski definition) is 12. The summed E-state index contributed by atoms with van der Waals surface area (Å²) in [6.07, 6.45) is 0. The number of hydrogen-bond donors (Lipinski definition) is 4. The molecule has 34 heavy (non-hydrogen) atoms. The quantitative estimate of drug-likeness (QED) is 0.131. The first-order valence-corrected chi connectivity index (χ1v) is 8.91.